The molecule has 1 aromatic heterocycles. The highest BCUT2D eigenvalue weighted by Crippen LogP contribution is 2.04. The number of nitrogens with one attached hydrogen (secondary N) is 1. The zero-order valence-electron chi connectivity index (χ0n) is 5.53. The minimum atomic E-state index is 0.502. The Morgan fingerprint density at radius 2 is 2.50 bits per heavy atom. The molecule has 1 rings (SSSR count). The molecule has 1 heterocycles. The van der Waals surface area contributed by atoms with E-state index >= 15 is 0 Å². The first-order valence-electron chi connectivity index (χ1n) is 2.70. The quantitative estimate of drug-likeness (QED) is 0.567. The maximum atomic E-state index is 5.39. The van der Waals surface area contributed by atoms with Crippen LogP contribution in [0.1, 0.15) is 0 Å². The van der Waals surface area contributed by atoms with Gasteiger partial charge in [0.25, 0.3) is 0 Å². The molecule has 10 heavy (non-hydrogen) atoms. The van der Waals surface area contributed by atoms with Crippen LogP contribution in [-0.4, -0.2) is 17.3 Å². The van der Waals surface area contributed by atoms with E-state index in [-0.39, 0.29) is 0 Å². The number of nitrogens with zero attached hydrogens (tertiary/aromatic N) is 2. The van der Waals surface area contributed by atoms with Crippen molar-refractivity contribution in [2.24, 2.45) is 0 Å². The highest BCUT2D eigenvalue weighted by molar-refractivity contribution is 5.44. The number of hydrogen-bond donors (Lipinski definition) is 2. The van der Waals surface area contributed by atoms with Gasteiger partial charge >= 0.3 is 0 Å². The van der Waals surface area contributed by atoms with E-state index in [9.17, 15) is 0 Å². The summed E-state index contributed by atoms with van der Waals surface area (Å²) in [6.07, 6.45) is 1.46. The molecule has 5 heteroatoms. The van der Waals surface area contributed by atoms with Crippen molar-refractivity contribution in [1.29, 1.82) is 0 Å². The van der Waals surface area contributed by atoms with Crippen molar-refractivity contribution in [2.45, 2.75) is 0 Å². The van der Waals surface area contributed by atoms with E-state index in [1.807, 2.05) is 0 Å². The Balaban J connectivity index is 2.75. The molecule has 0 aliphatic rings. The lowest BCUT2D eigenvalue weighted by atomic mass is 10.5. The first kappa shape index (κ1) is 6.76. The summed E-state index contributed by atoms with van der Waals surface area (Å²) >= 11 is 0. The third-order valence-corrected chi connectivity index (χ3v) is 0.882. The number of anilines is 2. The van der Waals surface area contributed by atoms with Crippen molar-refractivity contribution in [3.05, 3.63) is 12.3 Å². The van der Waals surface area contributed by atoms with Crippen LogP contribution in [0.4, 0.5) is 11.5 Å². The van der Waals surface area contributed by atoms with E-state index in [4.69, 9.17) is 5.73 Å². The monoisotopic (exact) mass is 140 g/mol. The molecule has 0 saturated carbocycles. The standard InChI is InChI=1S/C5H8N4O/c1-10-9-5-2-4(6)3-7-8-5/h2-3H,1H3,(H3,6,8,9). The summed E-state index contributed by atoms with van der Waals surface area (Å²) in [7, 11) is 1.49. The molecule has 1 aromatic rings. The van der Waals surface area contributed by atoms with Gasteiger partial charge in [-0.1, -0.05) is 0 Å². The first-order chi connectivity index (χ1) is 4.83. The van der Waals surface area contributed by atoms with Gasteiger partial charge in [0.05, 0.1) is 19.0 Å². The van der Waals surface area contributed by atoms with Gasteiger partial charge < -0.3 is 5.73 Å². The van der Waals surface area contributed by atoms with Gasteiger partial charge in [0, 0.05) is 6.07 Å². The second kappa shape index (κ2) is 2.98. The first-order valence-corrected chi connectivity index (χ1v) is 2.70. The fraction of sp³-hybridized carbons (Fsp3) is 0.200. The number of hydrogen-bond acceptors (Lipinski definition) is 5. The Hall–Kier alpha value is -1.36. The molecule has 0 bridgehead atoms. The van der Waals surface area contributed by atoms with E-state index in [0.29, 0.717) is 11.5 Å². The fourth-order valence-corrected chi connectivity index (χ4v) is 0.536. The molecule has 0 aliphatic carbocycles. The van der Waals surface area contributed by atoms with Gasteiger partial charge in [-0.05, 0) is 0 Å². The maximum Gasteiger partial charge on any atom is 0.174 e. The van der Waals surface area contributed by atoms with Gasteiger partial charge in [0.2, 0.25) is 0 Å². The number of rotatable bonds is 2. The lowest BCUT2D eigenvalue weighted by Gasteiger charge is -1.99. The highest BCUT2D eigenvalue weighted by Gasteiger charge is 1.91. The van der Waals surface area contributed by atoms with Crippen molar-refractivity contribution in [3.8, 4) is 0 Å². The molecule has 0 amide bonds. The molecular formula is C5H8N4O. The molecule has 0 radical (unpaired) electrons. The second-order valence-electron chi connectivity index (χ2n) is 1.68. The zero-order valence-corrected chi connectivity index (χ0v) is 5.53. The van der Waals surface area contributed by atoms with Gasteiger partial charge in [-0.25, -0.2) is 5.48 Å². The molecule has 0 fully saturated rings. The topological polar surface area (TPSA) is 73.1 Å². The minimum absolute atomic E-state index is 0.502. The Kier molecular flexibility index (Phi) is 2.01. The summed E-state index contributed by atoms with van der Waals surface area (Å²) in [5.41, 5.74) is 8.44. The predicted octanol–water partition coefficient (Wildman–Crippen LogP) is 0.0321. The number of aromatic nitrogens is 2. The van der Waals surface area contributed by atoms with Crippen LogP contribution in [0, 0.1) is 0 Å². The Bertz CT molecular complexity index is 215. The van der Waals surface area contributed by atoms with Crippen molar-refractivity contribution in [3.63, 3.8) is 0 Å². The minimum Gasteiger partial charge on any atom is -0.397 e. The summed E-state index contributed by atoms with van der Waals surface area (Å²) in [5, 5.41) is 7.25. The zero-order chi connectivity index (χ0) is 7.40. The summed E-state index contributed by atoms with van der Waals surface area (Å²) in [4.78, 5) is 4.57. The normalized spacial score (nSPS) is 9.30. The van der Waals surface area contributed by atoms with E-state index in [1.54, 1.807) is 6.07 Å². The van der Waals surface area contributed by atoms with Crippen LogP contribution in [-0.2, 0) is 4.84 Å². The van der Waals surface area contributed by atoms with Gasteiger partial charge in [0.15, 0.2) is 5.82 Å². The van der Waals surface area contributed by atoms with Crippen LogP contribution in [0.3, 0.4) is 0 Å². The van der Waals surface area contributed by atoms with Crippen molar-refractivity contribution >= 4 is 11.5 Å². The van der Waals surface area contributed by atoms with Crippen LogP contribution in [0.15, 0.2) is 12.3 Å². The van der Waals surface area contributed by atoms with Crippen molar-refractivity contribution in [1.82, 2.24) is 10.2 Å². The molecule has 0 atom stereocenters. The van der Waals surface area contributed by atoms with E-state index < -0.39 is 0 Å². The molecule has 3 N–H and O–H groups in total. The largest absolute Gasteiger partial charge is 0.397 e. The lowest BCUT2D eigenvalue weighted by Crippen LogP contribution is -2.00. The predicted molar refractivity (Wildman–Crippen MR) is 37.1 cm³/mol. The molecule has 5 nitrogen and oxygen atoms in total. The average molecular weight is 140 g/mol. The lowest BCUT2D eigenvalue weighted by molar-refractivity contribution is 0.268. The number of nitrogen functional groups attached to an aromatic ring is 1. The average Bonchev–Trinajstić information content (AvgIpc) is 1.88. The Morgan fingerprint density at radius 3 is 3.10 bits per heavy atom. The van der Waals surface area contributed by atoms with Gasteiger partial charge in [-0.15, -0.1) is 5.10 Å². The summed E-state index contributed by atoms with van der Waals surface area (Å²) < 4.78 is 0. The van der Waals surface area contributed by atoms with Crippen LogP contribution < -0.4 is 11.2 Å². The van der Waals surface area contributed by atoms with Gasteiger partial charge in [0.1, 0.15) is 0 Å². The molecule has 0 aliphatic heterocycles. The van der Waals surface area contributed by atoms with Crippen LogP contribution >= 0.6 is 0 Å². The van der Waals surface area contributed by atoms with E-state index in [2.05, 4.69) is 20.5 Å². The smallest absolute Gasteiger partial charge is 0.174 e. The van der Waals surface area contributed by atoms with Crippen LogP contribution in [0.25, 0.3) is 0 Å². The molecule has 0 unspecified atom stereocenters. The van der Waals surface area contributed by atoms with Gasteiger partial charge in [-0.3, -0.25) is 4.84 Å². The SMILES string of the molecule is CONc1cc(N)cnn1. The molecule has 0 aromatic carbocycles. The van der Waals surface area contributed by atoms with Crippen LogP contribution in [0.2, 0.25) is 0 Å². The third-order valence-electron chi connectivity index (χ3n) is 0.882. The Labute approximate surface area is 58.2 Å². The summed E-state index contributed by atoms with van der Waals surface area (Å²) in [5.74, 6) is 0.502. The molecule has 0 saturated heterocycles. The second-order valence-corrected chi connectivity index (χ2v) is 1.68. The Morgan fingerprint density at radius 1 is 1.70 bits per heavy atom. The maximum absolute atomic E-state index is 5.39. The van der Waals surface area contributed by atoms with Crippen molar-refractivity contribution in [2.75, 3.05) is 18.3 Å². The fourth-order valence-electron chi connectivity index (χ4n) is 0.536. The number of nitrogens with two attached hydrogens (primary N) is 1. The molecule has 0 spiro atoms. The molecular weight excluding hydrogens is 132 g/mol. The van der Waals surface area contributed by atoms with Gasteiger partial charge in [-0.2, -0.15) is 5.10 Å². The van der Waals surface area contributed by atoms with E-state index in [0.717, 1.165) is 0 Å². The third kappa shape index (κ3) is 1.56. The van der Waals surface area contributed by atoms with Crippen molar-refractivity contribution < 1.29 is 4.84 Å². The van der Waals surface area contributed by atoms with E-state index in [1.165, 1.54) is 13.3 Å². The summed E-state index contributed by atoms with van der Waals surface area (Å²) in [6.45, 7) is 0. The van der Waals surface area contributed by atoms with Crippen LogP contribution in [0.5, 0.6) is 0 Å². The highest BCUT2D eigenvalue weighted by atomic mass is 16.6. The summed E-state index contributed by atoms with van der Waals surface area (Å²) in [6, 6.07) is 1.62. The molecule has 54 valence electrons.